The van der Waals surface area contributed by atoms with E-state index in [2.05, 4.69) is 31.2 Å². The van der Waals surface area contributed by atoms with Gasteiger partial charge in [0.1, 0.15) is 17.5 Å². The molecular formula is C20H17BrN6O3. The molecule has 0 aliphatic rings. The van der Waals surface area contributed by atoms with Crippen molar-refractivity contribution < 1.29 is 14.3 Å². The van der Waals surface area contributed by atoms with Crippen LogP contribution in [-0.2, 0) is 4.79 Å². The second kappa shape index (κ2) is 9.11. The first-order chi connectivity index (χ1) is 14.4. The molecule has 0 saturated carbocycles. The Labute approximate surface area is 180 Å². The summed E-state index contributed by atoms with van der Waals surface area (Å²) in [5.41, 5.74) is 13.0. The summed E-state index contributed by atoms with van der Waals surface area (Å²) in [6, 6.07) is 14.3. The quantitative estimate of drug-likeness (QED) is 0.499. The van der Waals surface area contributed by atoms with E-state index in [0.717, 1.165) is 0 Å². The lowest BCUT2D eigenvalue weighted by Gasteiger charge is -2.15. The number of aromatic nitrogens is 2. The zero-order valence-electron chi connectivity index (χ0n) is 15.8. The molecule has 152 valence electrons. The molecule has 0 radical (unpaired) electrons. The fraction of sp³-hybridized carbons (Fsp3) is 0.100. The maximum absolute atomic E-state index is 12.2. The predicted molar refractivity (Wildman–Crippen MR) is 116 cm³/mol. The standard InChI is InChI=1S/C20H17BrN6O3/c1-29-15-8-11(17-13(9-22)19(23)27-20(24)26-17)7-14(21)18(15)30-10-16(28)25-12-5-3-2-4-6-12/h2-8H,10H2,1H3,(H,25,28)(H4,23,24,26,27). The van der Waals surface area contributed by atoms with Gasteiger partial charge in [0.2, 0.25) is 5.95 Å². The van der Waals surface area contributed by atoms with E-state index < -0.39 is 0 Å². The van der Waals surface area contributed by atoms with Gasteiger partial charge in [-0.05, 0) is 40.2 Å². The van der Waals surface area contributed by atoms with Crippen LogP contribution in [0.1, 0.15) is 5.56 Å². The highest BCUT2D eigenvalue weighted by molar-refractivity contribution is 9.10. The molecule has 9 nitrogen and oxygen atoms in total. The number of nitrogens with two attached hydrogens (primary N) is 2. The maximum Gasteiger partial charge on any atom is 0.262 e. The number of hydrogen-bond acceptors (Lipinski definition) is 8. The first kappa shape index (κ1) is 20.9. The number of nitriles is 1. The van der Waals surface area contributed by atoms with Crippen LogP contribution >= 0.6 is 15.9 Å². The van der Waals surface area contributed by atoms with Crippen LogP contribution in [0, 0.1) is 11.3 Å². The number of rotatable bonds is 6. The molecule has 0 saturated heterocycles. The zero-order chi connectivity index (χ0) is 21.7. The van der Waals surface area contributed by atoms with Crippen molar-refractivity contribution in [1.29, 1.82) is 5.26 Å². The molecule has 3 aromatic rings. The van der Waals surface area contributed by atoms with Gasteiger partial charge in [-0.25, -0.2) is 4.98 Å². The SMILES string of the molecule is COc1cc(-c2nc(N)nc(N)c2C#N)cc(Br)c1OCC(=O)Nc1ccccc1. The van der Waals surface area contributed by atoms with Crippen LogP contribution in [0.2, 0.25) is 0 Å². The number of hydrogen-bond donors (Lipinski definition) is 3. The highest BCUT2D eigenvalue weighted by atomic mass is 79.9. The third kappa shape index (κ3) is 4.59. The summed E-state index contributed by atoms with van der Waals surface area (Å²) < 4.78 is 11.5. The number of amides is 1. The van der Waals surface area contributed by atoms with E-state index in [-0.39, 0.29) is 35.5 Å². The highest BCUT2D eigenvalue weighted by Crippen LogP contribution is 2.40. The molecule has 1 heterocycles. The topological polar surface area (TPSA) is 149 Å². The van der Waals surface area contributed by atoms with Gasteiger partial charge < -0.3 is 26.3 Å². The number of anilines is 3. The van der Waals surface area contributed by atoms with Gasteiger partial charge in [0.15, 0.2) is 18.1 Å². The van der Waals surface area contributed by atoms with Crippen molar-refractivity contribution in [1.82, 2.24) is 9.97 Å². The largest absolute Gasteiger partial charge is 0.493 e. The Kier molecular flexibility index (Phi) is 6.34. The van der Waals surface area contributed by atoms with Gasteiger partial charge in [-0.3, -0.25) is 4.79 Å². The van der Waals surface area contributed by atoms with Crippen LogP contribution in [0.3, 0.4) is 0 Å². The summed E-state index contributed by atoms with van der Waals surface area (Å²) in [5.74, 6) is 0.231. The van der Waals surface area contributed by atoms with Crippen LogP contribution in [0.15, 0.2) is 46.9 Å². The molecule has 10 heteroatoms. The minimum absolute atomic E-state index is 0.0204. The second-order valence-electron chi connectivity index (χ2n) is 5.99. The minimum Gasteiger partial charge on any atom is -0.493 e. The van der Waals surface area contributed by atoms with E-state index in [1.807, 2.05) is 24.3 Å². The number of ether oxygens (including phenoxy) is 2. The Hall–Kier alpha value is -3.84. The Morgan fingerprint density at radius 1 is 1.23 bits per heavy atom. The van der Waals surface area contributed by atoms with Crippen molar-refractivity contribution in [2.45, 2.75) is 0 Å². The molecule has 0 bridgehead atoms. The lowest BCUT2D eigenvalue weighted by molar-refractivity contribution is -0.118. The number of carbonyl (C=O) groups excluding carboxylic acids is 1. The predicted octanol–water partition coefficient (Wildman–Crippen LogP) is 2.97. The van der Waals surface area contributed by atoms with Crippen LogP contribution in [-0.4, -0.2) is 29.6 Å². The third-order valence-electron chi connectivity index (χ3n) is 3.97. The molecule has 1 amide bonds. The van der Waals surface area contributed by atoms with Crippen LogP contribution < -0.4 is 26.3 Å². The molecule has 1 aromatic heterocycles. The average molecular weight is 469 g/mol. The lowest BCUT2D eigenvalue weighted by atomic mass is 10.1. The maximum atomic E-state index is 12.2. The molecule has 0 aliphatic carbocycles. The van der Waals surface area contributed by atoms with E-state index in [0.29, 0.717) is 27.2 Å². The summed E-state index contributed by atoms with van der Waals surface area (Å²) in [6.07, 6.45) is 0. The summed E-state index contributed by atoms with van der Waals surface area (Å²) in [4.78, 5) is 20.1. The fourth-order valence-corrected chi connectivity index (χ4v) is 3.22. The van der Waals surface area contributed by atoms with E-state index >= 15 is 0 Å². The van der Waals surface area contributed by atoms with Gasteiger partial charge in [0.05, 0.1) is 17.3 Å². The van der Waals surface area contributed by atoms with Gasteiger partial charge in [-0.15, -0.1) is 0 Å². The minimum atomic E-state index is -0.331. The molecular weight excluding hydrogens is 452 g/mol. The van der Waals surface area contributed by atoms with E-state index in [9.17, 15) is 10.1 Å². The summed E-state index contributed by atoms with van der Waals surface area (Å²) in [6.45, 7) is -0.236. The number of methoxy groups -OCH3 is 1. The number of nitrogen functional groups attached to an aromatic ring is 2. The van der Waals surface area contributed by atoms with Crippen molar-refractivity contribution in [3.8, 4) is 28.8 Å². The number of benzene rings is 2. The molecule has 0 fully saturated rings. The molecule has 30 heavy (non-hydrogen) atoms. The van der Waals surface area contributed by atoms with Crippen molar-refractivity contribution in [2.75, 3.05) is 30.5 Å². The van der Waals surface area contributed by atoms with Gasteiger partial charge in [-0.1, -0.05) is 18.2 Å². The molecule has 0 atom stereocenters. The van der Waals surface area contributed by atoms with Crippen LogP contribution in [0.25, 0.3) is 11.3 Å². The van der Waals surface area contributed by atoms with Gasteiger partial charge in [0, 0.05) is 11.3 Å². The van der Waals surface area contributed by atoms with Crippen molar-refractivity contribution in [3.63, 3.8) is 0 Å². The average Bonchev–Trinajstić information content (AvgIpc) is 2.72. The molecule has 0 aliphatic heterocycles. The highest BCUT2D eigenvalue weighted by Gasteiger charge is 2.19. The number of halogens is 1. The Balaban J connectivity index is 1.87. The van der Waals surface area contributed by atoms with Crippen LogP contribution in [0.4, 0.5) is 17.5 Å². The van der Waals surface area contributed by atoms with Gasteiger partial charge in [-0.2, -0.15) is 10.2 Å². The first-order valence-electron chi connectivity index (χ1n) is 8.61. The number of nitrogens with one attached hydrogen (secondary N) is 1. The molecule has 0 unspecified atom stereocenters. The molecule has 0 spiro atoms. The van der Waals surface area contributed by atoms with Crippen molar-refractivity contribution in [2.24, 2.45) is 0 Å². The van der Waals surface area contributed by atoms with Crippen LogP contribution in [0.5, 0.6) is 11.5 Å². The third-order valence-corrected chi connectivity index (χ3v) is 4.56. The summed E-state index contributed by atoms with van der Waals surface area (Å²) in [7, 11) is 1.45. The number of para-hydroxylation sites is 1. The first-order valence-corrected chi connectivity index (χ1v) is 9.41. The normalized spacial score (nSPS) is 10.2. The molecule has 3 rings (SSSR count). The van der Waals surface area contributed by atoms with E-state index in [4.69, 9.17) is 20.9 Å². The smallest absolute Gasteiger partial charge is 0.262 e. The lowest BCUT2D eigenvalue weighted by Crippen LogP contribution is -2.20. The second-order valence-corrected chi connectivity index (χ2v) is 6.85. The summed E-state index contributed by atoms with van der Waals surface area (Å²) >= 11 is 3.41. The van der Waals surface area contributed by atoms with Gasteiger partial charge >= 0.3 is 0 Å². The Morgan fingerprint density at radius 3 is 2.63 bits per heavy atom. The zero-order valence-corrected chi connectivity index (χ0v) is 17.4. The van der Waals surface area contributed by atoms with E-state index in [1.54, 1.807) is 24.3 Å². The Bertz CT molecular complexity index is 1130. The fourth-order valence-electron chi connectivity index (χ4n) is 2.67. The number of nitrogens with zero attached hydrogens (tertiary/aromatic N) is 3. The van der Waals surface area contributed by atoms with Crippen molar-refractivity contribution in [3.05, 3.63) is 52.5 Å². The monoisotopic (exact) mass is 468 g/mol. The Morgan fingerprint density at radius 2 is 1.97 bits per heavy atom. The molecule has 2 aromatic carbocycles. The molecule has 5 N–H and O–H groups in total. The van der Waals surface area contributed by atoms with E-state index in [1.165, 1.54) is 7.11 Å². The van der Waals surface area contributed by atoms with Gasteiger partial charge in [0.25, 0.3) is 5.91 Å². The summed E-state index contributed by atoms with van der Waals surface area (Å²) in [5, 5.41) is 12.1. The van der Waals surface area contributed by atoms with Crippen molar-refractivity contribution >= 4 is 39.3 Å². The number of carbonyl (C=O) groups is 1.